The summed E-state index contributed by atoms with van der Waals surface area (Å²) in [6.45, 7) is 11.3. The van der Waals surface area contributed by atoms with Crippen LogP contribution in [-0.2, 0) is 14.8 Å². The van der Waals surface area contributed by atoms with Gasteiger partial charge in [0.15, 0.2) is 4.75 Å². The summed E-state index contributed by atoms with van der Waals surface area (Å²) in [5.74, 6) is -0.248. The molecule has 2 aromatic rings. The zero-order valence-corrected chi connectivity index (χ0v) is 21.2. The number of nitrogens with zero attached hydrogens (tertiary/aromatic N) is 1. The summed E-state index contributed by atoms with van der Waals surface area (Å²) in [6.07, 6.45) is 1.34. The number of hydrogen-bond acceptors (Lipinski definition) is 4. The number of rotatable bonds is 6. The topological polar surface area (TPSA) is 83.9 Å². The predicted molar refractivity (Wildman–Crippen MR) is 131 cm³/mol. The van der Waals surface area contributed by atoms with Crippen LogP contribution in [-0.4, -0.2) is 47.2 Å². The molecule has 0 aromatic heterocycles. The monoisotopic (exact) mass is 473 g/mol. The highest BCUT2D eigenvalue weighted by molar-refractivity contribution is 7.91. The molecule has 1 fully saturated rings. The first-order valence-corrected chi connectivity index (χ1v) is 12.8. The molecule has 0 atom stereocenters. The van der Waals surface area contributed by atoms with Crippen molar-refractivity contribution in [1.29, 1.82) is 0 Å². The Labute approximate surface area is 197 Å². The van der Waals surface area contributed by atoms with Crippen LogP contribution in [0, 0.1) is 6.92 Å². The summed E-state index contributed by atoms with van der Waals surface area (Å²) in [7, 11) is -3.91. The van der Waals surface area contributed by atoms with Crippen molar-refractivity contribution in [1.82, 2.24) is 4.31 Å². The van der Waals surface area contributed by atoms with E-state index in [1.54, 1.807) is 0 Å². The number of carboxylic acid groups (broad SMARTS) is 1. The Hall–Kier alpha value is -2.38. The molecule has 6 nitrogen and oxygen atoms in total. The van der Waals surface area contributed by atoms with Crippen LogP contribution < -0.4 is 4.74 Å². The fraction of sp³-hybridized carbons (Fsp3) is 0.500. The summed E-state index contributed by atoms with van der Waals surface area (Å²) < 4.78 is 31.1. The molecular weight excluding hydrogens is 438 g/mol. The lowest BCUT2D eigenvalue weighted by Crippen LogP contribution is -2.51. The van der Waals surface area contributed by atoms with Gasteiger partial charge in [-0.3, -0.25) is 4.79 Å². The molecule has 180 valence electrons. The minimum absolute atomic E-state index is 0.243. The molecule has 33 heavy (non-hydrogen) atoms. The average molecular weight is 474 g/mol. The number of piperidine rings is 1. The minimum Gasteiger partial charge on any atom is -0.488 e. The number of ether oxygens (including phenoxy) is 1. The van der Waals surface area contributed by atoms with Crippen LogP contribution in [0.2, 0.25) is 0 Å². The average Bonchev–Trinajstić information content (AvgIpc) is 2.72. The van der Waals surface area contributed by atoms with E-state index in [-0.39, 0.29) is 11.5 Å². The fourth-order valence-corrected chi connectivity index (χ4v) is 5.77. The van der Waals surface area contributed by atoms with Crippen molar-refractivity contribution in [3.05, 3.63) is 53.6 Å². The number of aryl methyl sites for hydroxylation is 1. The zero-order chi connectivity index (χ0) is 24.6. The lowest BCUT2D eigenvalue weighted by atomic mass is 9.87. The Morgan fingerprint density at radius 1 is 1.03 bits per heavy atom. The van der Waals surface area contributed by atoms with Gasteiger partial charge in [0.25, 0.3) is 0 Å². The largest absolute Gasteiger partial charge is 0.488 e. The molecule has 0 spiro atoms. The fourth-order valence-electron chi connectivity index (χ4n) is 4.21. The Balaban J connectivity index is 1.75. The van der Waals surface area contributed by atoms with Crippen LogP contribution in [0.5, 0.6) is 5.75 Å². The van der Waals surface area contributed by atoms with Gasteiger partial charge >= 0.3 is 5.97 Å². The zero-order valence-electron chi connectivity index (χ0n) is 20.4. The van der Waals surface area contributed by atoms with E-state index in [1.165, 1.54) is 23.7 Å². The highest BCUT2D eigenvalue weighted by Crippen LogP contribution is 2.35. The molecule has 0 radical (unpaired) electrons. The molecule has 7 heteroatoms. The van der Waals surface area contributed by atoms with Crippen LogP contribution in [0.15, 0.2) is 42.5 Å². The van der Waals surface area contributed by atoms with Gasteiger partial charge in [0.2, 0.25) is 10.0 Å². The molecule has 2 aromatic carbocycles. The Bertz CT molecular complexity index is 1120. The van der Waals surface area contributed by atoms with E-state index in [9.17, 15) is 18.3 Å². The number of carbonyl (C=O) groups is 1. The van der Waals surface area contributed by atoms with Crippen LogP contribution in [0.1, 0.15) is 64.5 Å². The van der Waals surface area contributed by atoms with E-state index in [0.29, 0.717) is 25.9 Å². The van der Waals surface area contributed by atoms with Gasteiger partial charge in [-0.05, 0) is 94.7 Å². The summed E-state index contributed by atoms with van der Waals surface area (Å²) in [6, 6.07) is 14.5. The highest BCUT2D eigenvalue weighted by Gasteiger charge is 2.46. The second-order valence-electron chi connectivity index (χ2n) is 10.3. The van der Waals surface area contributed by atoms with E-state index in [1.807, 2.05) is 32.9 Å². The molecular formula is C26H35NO5S. The number of sulfonamides is 1. The van der Waals surface area contributed by atoms with Gasteiger partial charge in [0.05, 0.1) is 0 Å². The van der Waals surface area contributed by atoms with Crippen LogP contribution in [0.25, 0.3) is 11.1 Å². The molecule has 0 amide bonds. The Morgan fingerprint density at radius 2 is 1.67 bits per heavy atom. The van der Waals surface area contributed by atoms with Gasteiger partial charge in [-0.1, -0.05) is 30.3 Å². The third kappa shape index (κ3) is 5.41. The van der Waals surface area contributed by atoms with Crippen molar-refractivity contribution < 1.29 is 23.1 Å². The predicted octanol–water partition coefficient (Wildman–Crippen LogP) is 5.21. The summed E-state index contributed by atoms with van der Waals surface area (Å²) in [5, 5.41) is 9.35. The van der Waals surface area contributed by atoms with Gasteiger partial charge in [0, 0.05) is 13.1 Å². The number of carboxylic acids is 1. The second kappa shape index (κ2) is 9.11. The van der Waals surface area contributed by atoms with Crippen LogP contribution >= 0.6 is 0 Å². The second-order valence-corrected chi connectivity index (χ2v) is 12.8. The van der Waals surface area contributed by atoms with E-state index >= 15 is 0 Å². The highest BCUT2D eigenvalue weighted by atomic mass is 32.2. The van der Waals surface area contributed by atoms with Crippen molar-refractivity contribution in [2.75, 3.05) is 13.1 Å². The van der Waals surface area contributed by atoms with Gasteiger partial charge in [-0.15, -0.1) is 0 Å². The maximum atomic E-state index is 12.8. The van der Waals surface area contributed by atoms with Crippen LogP contribution in [0.4, 0.5) is 0 Å². The first-order valence-electron chi connectivity index (χ1n) is 11.4. The quantitative estimate of drug-likeness (QED) is 0.622. The third-order valence-electron chi connectivity index (χ3n) is 6.24. The smallest absolute Gasteiger partial charge is 0.325 e. The molecule has 0 saturated carbocycles. The van der Waals surface area contributed by atoms with Crippen molar-refractivity contribution in [2.24, 2.45) is 0 Å². The molecule has 0 unspecified atom stereocenters. The molecule has 1 saturated heterocycles. The van der Waals surface area contributed by atoms with Crippen molar-refractivity contribution in [3.63, 3.8) is 0 Å². The van der Waals surface area contributed by atoms with Gasteiger partial charge in [-0.2, -0.15) is 0 Å². The summed E-state index contributed by atoms with van der Waals surface area (Å²) in [5.41, 5.74) is 4.31. The maximum Gasteiger partial charge on any atom is 0.325 e. The molecule has 0 bridgehead atoms. The van der Waals surface area contributed by atoms with E-state index in [2.05, 4.69) is 37.3 Å². The van der Waals surface area contributed by atoms with E-state index in [0.717, 1.165) is 22.4 Å². The van der Waals surface area contributed by atoms with Crippen molar-refractivity contribution in [3.8, 4) is 16.9 Å². The lowest BCUT2D eigenvalue weighted by Gasteiger charge is -2.35. The Kier molecular flexibility index (Phi) is 6.97. The molecule has 0 aliphatic carbocycles. The van der Waals surface area contributed by atoms with E-state index in [4.69, 9.17) is 4.74 Å². The van der Waals surface area contributed by atoms with Gasteiger partial charge in [0.1, 0.15) is 11.4 Å². The van der Waals surface area contributed by atoms with Crippen molar-refractivity contribution in [2.45, 2.75) is 70.7 Å². The van der Waals surface area contributed by atoms with Gasteiger partial charge < -0.3 is 9.84 Å². The summed E-state index contributed by atoms with van der Waals surface area (Å²) in [4.78, 5) is 11.5. The van der Waals surface area contributed by atoms with Crippen molar-refractivity contribution >= 4 is 16.0 Å². The lowest BCUT2D eigenvalue weighted by molar-refractivity contribution is -0.139. The number of benzene rings is 2. The molecule has 1 aliphatic rings. The SMILES string of the molecule is Cc1cc(C2CCN(S(=O)(=O)C(C)(C)C(=O)O)CC2)ccc1-c1cccc(OC(C)(C)C)c1. The minimum atomic E-state index is -3.91. The number of aliphatic carboxylic acids is 1. The van der Waals surface area contributed by atoms with Gasteiger partial charge in [-0.25, -0.2) is 12.7 Å². The van der Waals surface area contributed by atoms with E-state index < -0.39 is 20.7 Å². The first-order chi connectivity index (χ1) is 15.2. The van der Waals surface area contributed by atoms with Crippen LogP contribution in [0.3, 0.4) is 0 Å². The standard InChI is InChI=1S/C26H35NO5S/c1-18-16-20(10-11-23(18)21-8-7-9-22(17-21)32-25(2,3)4)19-12-14-27(15-13-19)33(30,31)26(5,6)24(28)29/h7-11,16-17,19H,12-15H2,1-6H3,(H,28,29). The summed E-state index contributed by atoms with van der Waals surface area (Å²) >= 11 is 0. The normalized spacial score (nSPS) is 16.5. The molecule has 3 rings (SSSR count). The molecule has 1 heterocycles. The maximum absolute atomic E-state index is 12.8. The molecule has 1 aliphatic heterocycles. The molecule has 1 N–H and O–H groups in total. The number of hydrogen-bond donors (Lipinski definition) is 1. The first kappa shape index (κ1) is 25.2. The Morgan fingerprint density at radius 3 is 2.21 bits per heavy atom. The third-order valence-corrected chi connectivity index (χ3v) is 8.75.